The van der Waals surface area contributed by atoms with Crippen LogP contribution in [0.3, 0.4) is 0 Å². The summed E-state index contributed by atoms with van der Waals surface area (Å²) in [7, 11) is 0. The zero-order chi connectivity index (χ0) is 13.7. The SMILES string of the molecule is NC(CCN1CCCSCC1)c1ccc(Br)cc1Cl. The molecule has 1 saturated heterocycles. The van der Waals surface area contributed by atoms with Crippen molar-refractivity contribution in [2.24, 2.45) is 5.73 Å². The quantitative estimate of drug-likeness (QED) is 0.879. The van der Waals surface area contributed by atoms with Gasteiger partial charge in [0.2, 0.25) is 0 Å². The van der Waals surface area contributed by atoms with Gasteiger partial charge >= 0.3 is 0 Å². The van der Waals surface area contributed by atoms with E-state index in [1.54, 1.807) is 0 Å². The molecule has 0 aliphatic carbocycles. The Morgan fingerprint density at radius 1 is 1.37 bits per heavy atom. The molecule has 1 aromatic rings. The fraction of sp³-hybridized carbons (Fsp3) is 0.571. The van der Waals surface area contributed by atoms with Crippen LogP contribution in [-0.4, -0.2) is 36.0 Å². The maximum atomic E-state index is 6.27. The largest absolute Gasteiger partial charge is 0.324 e. The van der Waals surface area contributed by atoms with E-state index in [2.05, 4.69) is 32.6 Å². The summed E-state index contributed by atoms with van der Waals surface area (Å²) in [6.45, 7) is 3.45. The number of nitrogens with two attached hydrogens (primary N) is 1. The third-order valence-corrected chi connectivity index (χ3v) is 5.30. The number of hydrogen-bond donors (Lipinski definition) is 1. The smallest absolute Gasteiger partial charge is 0.0464 e. The molecular formula is C14H20BrClN2S. The highest BCUT2D eigenvalue weighted by atomic mass is 79.9. The molecular weight excluding hydrogens is 344 g/mol. The van der Waals surface area contributed by atoms with Crippen LogP contribution in [0, 0.1) is 0 Å². The lowest BCUT2D eigenvalue weighted by Crippen LogP contribution is -2.29. The second-order valence-electron chi connectivity index (χ2n) is 4.87. The third kappa shape index (κ3) is 4.94. The molecule has 1 atom stereocenters. The summed E-state index contributed by atoms with van der Waals surface area (Å²) in [6, 6.07) is 5.97. The van der Waals surface area contributed by atoms with E-state index >= 15 is 0 Å². The predicted molar refractivity (Wildman–Crippen MR) is 89.1 cm³/mol. The lowest BCUT2D eigenvalue weighted by atomic mass is 10.0. The molecule has 1 heterocycles. The van der Waals surface area contributed by atoms with Crippen molar-refractivity contribution < 1.29 is 0 Å². The van der Waals surface area contributed by atoms with E-state index in [9.17, 15) is 0 Å². The maximum absolute atomic E-state index is 6.27. The Kier molecular flexibility index (Phi) is 6.50. The molecule has 0 radical (unpaired) electrons. The fourth-order valence-corrected chi connectivity index (χ4v) is 4.04. The summed E-state index contributed by atoms with van der Waals surface area (Å²) in [5.41, 5.74) is 7.32. The lowest BCUT2D eigenvalue weighted by molar-refractivity contribution is 0.283. The lowest BCUT2D eigenvalue weighted by Gasteiger charge is -2.22. The summed E-state index contributed by atoms with van der Waals surface area (Å²) < 4.78 is 0.998. The molecule has 1 aliphatic rings. The zero-order valence-corrected chi connectivity index (χ0v) is 14.1. The molecule has 0 aromatic heterocycles. The van der Waals surface area contributed by atoms with Crippen LogP contribution in [0.15, 0.2) is 22.7 Å². The highest BCUT2D eigenvalue weighted by molar-refractivity contribution is 9.10. The molecule has 106 valence electrons. The highest BCUT2D eigenvalue weighted by Crippen LogP contribution is 2.27. The molecule has 2 rings (SSSR count). The Morgan fingerprint density at radius 2 is 2.21 bits per heavy atom. The van der Waals surface area contributed by atoms with Gasteiger partial charge in [0.15, 0.2) is 0 Å². The zero-order valence-electron chi connectivity index (χ0n) is 10.9. The summed E-state index contributed by atoms with van der Waals surface area (Å²) in [4.78, 5) is 2.52. The van der Waals surface area contributed by atoms with Gasteiger partial charge in [-0.2, -0.15) is 11.8 Å². The summed E-state index contributed by atoms with van der Waals surface area (Å²) in [5.74, 6) is 2.54. The van der Waals surface area contributed by atoms with Crippen molar-refractivity contribution in [3.8, 4) is 0 Å². The van der Waals surface area contributed by atoms with Gasteiger partial charge < -0.3 is 10.6 Å². The molecule has 2 N–H and O–H groups in total. The van der Waals surface area contributed by atoms with E-state index in [1.807, 2.05) is 18.2 Å². The van der Waals surface area contributed by atoms with Crippen molar-refractivity contribution in [2.45, 2.75) is 18.9 Å². The minimum Gasteiger partial charge on any atom is -0.324 e. The molecule has 0 saturated carbocycles. The van der Waals surface area contributed by atoms with Crippen LogP contribution in [0.5, 0.6) is 0 Å². The number of hydrogen-bond acceptors (Lipinski definition) is 3. The molecule has 0 spiro atoms. The molecule has 1 aliphatic heterocycles. The minimum absolute atomic E-state index is 0.0245. The summed E-state index contributed by atoms with van der Waals surface area (Å²) >= 11 is 11.7. The van der Waals surface area contributed by atoms with E-state index < -0.39 is 0 Å². The molecule has 1 fully saturated rings. The van der Waals surface area contributed by atoms with Crippen molar-refractivity contribution >= 4 is 39.3 Å². The maximum Gasteiger partial charge on any atom is 0.0464 e. The molecule has 5 heteroatoms. The second kappa shape index (κ2) is 7.89. The van der Waals surface area contributed by atoms with Gasteiger partial charge in [-0.1, -0.05) is 33.6 Å². The van der Waals surface area contributed by atoms with Gasteiger partial charge in [-0.05, 0) is 49.4 Å². The minimum atomic E-state index is 0.0245. The Balaban J connectivity index is 1.87. The normalized spacial score (nSPS) is 19.1. The van der Waals surface area contributed by atoms with Gasteiger partial charge in [-0.25, -0.2) is 0 Å². The first-order valence-corrected chi connectivity index (χ1v) is 9.00. The number of nitrogens with zero attached hydrogens (tertiary/aromatic N) is 1. The highest BCUT2D eigenvalue weighted by Gasteiger charge is 2.14. The summed E-state index contributed by atoms with van der Waals surface area (Å²) in [5, 5.41) is 0.758. The van der Waals surface area contributed by atoms with Crippen molar-refractivity contribution in [1.82, 2.24) is 4.90 Å². The van der Waals surface area contributed by atoms with Crippen LogP contribution in [-0.2, 0) is 0 Å². The first-order chi connectivity index (χ1) is 9.16. The van der Waals surface area contributed by atoms with E-state index in [-0.39, 0.29) is 6.04 Å². The number of halogens is 2. The number of rotatable bonds is 4. The van der Waals surface area contributed by atoms with Gasteiger partial charge in [0.25, 0.3) is 0 Å². The second-order valence-corrected chi connectivity index (χ2v) is 7.42. The van der Waals surface area contributed by atoms with Crippen LogP contribution in [0.2, 0.25) is 5.02 Å². The third-order valence-electron chi connectivity index (χ3n) is 3.43. The predicted octanol–water partition coefficient (Wildman–Crippen LogP) is 3.93. The van der Waals surface area contributed by atoms with E-state index in [0.29, 0.717) is 0 Å². The monoisotopic (exact) mass is 362 g/mol. The molecule has 19 heavy (non-hydrogen) atoms. The summed E-state index contributed by atoms with van der Waals surface area (Å²) in [6.07, 6.45) is 2.25. The topological polar surface area (TPSA) is 29.3 Å². The Labute approximate surface area is 133 Å². The standard InChI is InChI=1S/C14H20BrClN2S/c15-11-2-3-12(13(16)10-11)14(17)4-6-18-5-1-8-19-9-7-18/h2-3,10,14H,1,4-9,17H2. The average molecular weight is 364 g/mol. The first kappa shape index (κ1) is 15.6. The van der Waals surface area contributed by atoms with E-state index in [1.165, 1.54) is 31.0 Å². The van der Waals surface area contributed by atoms with Gasteiger partial charge in [-0.3, -0.25) is 0 Å². The van der Waals surface area contributed by atoms with Crippen LogP contribution in [0.1, 0.15) is 24.4 Å². The van der Waals surface area contributed by atoms with Crippen LogP contribution in [0.25, 0.3) is 0 Å². The van der Waals surface area contributed by atoms with Crippen LogP contribution < -0.4 is 5.73 Å². The van der Waals surface area contributed by atoms with E-state index in [0.717, 1.165) is 28.0 Å². The average Bonchev–Trinajstić information content (AvgIpc) is 2.64. The van der Waals surface area contributed by atoms with Crippen LogP contribution >= 0.6 is 39.3 Å². The van der Waals surface area contributed by atoms with Crippen LogP contribution in [0.4, 0.5) is 0 Å². The van der Waals surface area contributed by atoms with Gasteiger partial charge in [0.05, 0.1) is 0 Å². The fourth-order valence-electron chi connectivity index (χ4n) is 2.30. The van der Waals surface area contributed by atoms with E-state index in [4.69, 9.17) is 17.3 Å². The van der Waals surface area contributed by atoms with Gasteiger partial charge in [-0.15, -0.1) is 0 Å². The van der Waals surface area contributed by atoms with Gasteiger partial charge in [0, 0.05) is 27.8 Å². The number of benzene rings is 1. The Morgan fingerprint density at radius 3 is 3.00 bits per heavy atom. The molecule has 0 amide bonds. The number of thioether (sulfide) groups is 1. The van der Waals surface area contributed by atoms with Crippen molar-refractivity contribution in [2.75, 3.05) is 31.1 Å². The molecule has 1 aromatic carbocycles. The van der Waals surface area contributed by atoms with Gasteiger partial charge in [0.1, 0.15) is 0 Å². The molecule has 1 unspecified atom stereocenters. The Bertz CT molecular complexity index is 408. The van der Waals surface area contributed by atoms with Crippen molar-refractivity contribution in [3.63, 3.8) is 0 Å². The molecule has 2 nitrogen and oxygen atoms in total. The van der Waals surface area contributed by atoms with Crippen molar-refractivity contribution in [1.29, 1.82) is 0 Å². The van der Waals surface area contributed by atoms with Crippen molar-refractivity contribution in [3.05, 3.63) is 33.3 Å². The first-order valence-electron chi connectivity index (χ1n) is 6.67. The Hall–Kier alpha value is 0.260. The molecule has 0 bridgehead atoms.